The molecule has 0 unspecified atom stereocenters. The van der Waals surface area contributed by atoms with Gasteiger partial charge in [-0.15, -0.1) is 16.4 Å². The number of rotatable bonds is 8. The topological polar surface area (TPSA) is 79.7 Å². The monoisotopic (exact) mass is 474 g/mol. The fraction of sp³-hybridized carbons (Fsp3) is 0.200. The Morgan fingerprint density at radius 1 is 1.06 bits per heavy atom. The second-order valence-electron chi connectivity index (χ2n) is 8.32. The van der Waals surface area contributed by atoms with Crippen molar-refractivity contribution in [1.29, 1.82) is 0 Å². The number of H-pyrrole nitrogens is 1. The van der Waals surface area contributed by atoms with Gasteiger partial charge in [0.15, 0.2) is 5.82 Å². The predicted molar refractivity (Wildman–Crippen MR) is 130 cm³/mol. The Labute approximate surface area is 199 Å². The van der Waals surface area contributed by atoms with Gasteiger partial charge in [0, 0.05) is 29.0 Å². The van der Waals surface area contributed by atoms with Crippen molar-refractivity contribution in [2.75, 3.05) is 0 Å². The zero-order chi connectivity index (χ0) is 23.5. The minimum Gasteiger partial charge on any atom is -0.322 e. The number of aryl methyl sites for hydroxylation is 1. The van der Waals surface area contributed by atoms with Gasteiger partial charge < -0.3 is 4.98 Å². The van der Waals surface area contributed by atoms with Crippen LogP contribution in [0.4, 0.5) is 4.39 Å². The molecule has 0 saturated carbocycles. The maximum absolute atomic E-state index is 13.3. The number of thiophene rings is 1. The van der Waals surface area contributed by atoms with Crippen molar-refractivity contribution in [3.63, 3.8) is 0 Å². The third-order valence-corrected chi connectivity index (χ3v) is 6.51. The summed E-state index contributed by atoms with van der Waals surface area (Å²) >= 11 is 1.67. The van der Waals surface area contributed by atoms with Crippen molar-refractivity contribution in [2.45, 2.75) is 33.1 Å². The number of aromatic nitrogens is 5. The lowest BCUT2D eigenvalue weighted by Gasteiger charge is -2.21. The van der Waals surface area contributed by atoms with Crippen LogP contribution in [0.5, 0.6) is 0 Å². The molecule has 0 aliphatic rings. The number of nitrogens with zero attached hydrogens (tertiary/aromatic N) is 5. The van der Waals surface area contributed by atoms with Crippen LogP contribution in [-0.4, -0.2) is 30.1 Å². The van der Waals surface area contributed by atoms with Crippen LogP contribution in [0.3, 0.4) is 0 Å². The normalized spacial score (nSPS) is 11.5. The van der Waals surface area contributed by atoms with E-state index in [-0.39, 0.29) is 11.4 Å². The van der Waals surface area contributed by atoms with Gasteiger partial charge in [0.1, 0.15) is 5.82 Å². The van der Waals surface area contributed by atoms with Crippen molar-refractivity contribution in [3.05, 3.63) is 110 Å². The third kappa shape index (κ3) is 5.11. The van der Waals surface area contributed by atoms with E-state index in [9.17, 15) is 9.18 Å². The average molecular weight is 475 g/mol. The highest BCUT2D eigenvalue weighted by molar-refractivity contribution is 7.09. The van der Waals surface area contributed by atoms with E-state index in [1.165, 1.54) is 17.0 Å². The molecule has 9 heteroatoms. The van der Waals surface area contributed by atoms with E-state index < -0.39 is 0 Å². The van der Waals surface area contributed by atoms with Gasteiger partial charge in [-0.1, -0.05) is 29.8 Å². The van der Waals surface area contributed by atoms with Gasteiger partial charge in [0.05, 0.1) is 13.1 Å². The Bertz CT molecular complexity index is 1460. The predicted octanol–water partition coefficient (Wildman–Crippen LogP) is 4.27. The van der Waals surface area contributed by atoms with Crippen molar-refractivity contribution in [2.24, 2.45) is 0 Å². The molecule has 172 valence electrons. The average Bonchev–Trinajstić information content (AvgIpc) is 3.48. The first kappa shape index (κ1) is 22.1. The van der Waals surface area contributed by atoms with E-state index >= 15 is 0 Å². The fourth-order valence-electron chi connectivity index (χ4n) is 3.94. The molecule has 1 N–H and O–H groups in total. The smallest absolute Gasteiger partial charge is 0.252 e. The largest absolute Gasteiger partial charge is 0.322 e. The standard InChI is InChI=1S/C25H23FN6OS/c1-17-4-9-23-19(11-17)12-20(25(33)27-23)14-31(15-22-3-2-10-34-22)16-24-28-29-30-32(24)13-18-5-7-21(26)8-6-18/h2-12H,13-16H2,1H3,(H,27,33). The maximum atomic E-state index is 13.3. The lowest BCUT2D eigenvalue weighted by molar-refractivity contribution is 0.238. The van der Waals surface area contributed by atoms with Crippen molar-refractivity contribution in [1.82, 2.24) is 30.1 Å². The van der Waals surface area contributed by atoms with Crippen LogP contribution < -0.4 is 5.56 Å². The van der Waals surface area contributed by atoms with Gasteiger partial charge in [-0.05, 0) is 70.1 Å². The number of hydrogen-bond acceptors (Lipinski definition) is 6. The van der Waals surface area contributed by atoms with Gasteiger partial charge in [0.2, 0.25) is 0 Å². The molecule has 0 atom stereocenters. The SMILES string of the molecule is Cc1ccc2[nH]c(=O)c(CN(Cc3cccs3)Cc3nnnn3Cc3ccc(F)cc3)cc2c1. The van der Waals surface area contributed by atoms with E-state index in [2.05, 4.69) is 37.5 Å². The van der Waals surface area contributed by atoms with Crippen LogP contribution in [0.25, 0.3) is 10.9 Å². The van der Waals surface area contributed by atoms with Gasteiger partial charge >= 0.3 is 0 Å². The van der Waals surface area contributed by atoms with Crippen LogP contribution >= 0.6 is 11.3 Å². The summed E-state index contributed by atoms with van der Waals surface area (Å²) in [4.78, 5) is 19.2. The Kier molecular flexibility index (Phi) is 6.29. The summed E-state index contributed by atoms with van der Waals surface area (Å²) < 4.78 is 15.0. The molecule has 3 aromatic heterocycles. The molecule has 0 aliphatic heterocycles. The van der Waals surface area contributed by atoms with E-state index in [0.29, 0.717) is 37.6 Å². The fourth-order valence-corrected chi connectivity index (χ4v) is 4.69. The molecule has 5 aromatic rings. The first-order chi connectivity index (χ1) is 16.5. The van der Waals surface area contributed by atoms with Crippen LogP contribution in [0.1, 0.15) is 27.4 Å². The molecule has 0 spiro atoms. The number of pyridine rings is 1. The number of aromatic amines is 1. The van der Waals surface area contributed by atoms with Gasteiger partial charge in [-0.2, -0.15) is 0 Å². The minimum atomic E-state index is -0.279. The molecule has 7 nitrogen and oxygen atoms in total. The summed E-state index contributed by atoms with van der Waals surface area (Å²) in [5.74, 6) is 0.396. The van der Waals surface area contributed by atoms with E-state index in [0.717, 1.165) is 22.0 Å². The highest BCUT2D eigenvalue weighted by atomic mass is 32.1. The highest BCUT2D eigenvalue weighted by Crippen LogP contribution is 2.18. The zero-order valence-corrected chi connectivity index (χ0v) is 19.4. The summed E-state index contributed by atoms with van der Waals surface area (Å²) in [5, 5.41) is 15.3. The van der Waals surface area contributed by atoms with Crippen molar-refractivity contribution in [3.8, 4) is 0 Å². The first-order valence-electron chi connectivity index (χ1n) is 10.9. The second kappa shape index (κ2) is 9.66. The number of nitrogens with one attached hydrogen (secondary N) is 1. The Morgan fingerprint density at radius 2 is 1.91 bits per heavy atom. The summed E-state index contributed by atoms with van der Waals surface area (Å²) in [6.45, 7) is 4.03. The summed E-state index contributed by atoms with van der Waals surface area (Å²) in [7, 11) is 0. The third-order valence-electron chi connectivity index (χ3n) is 5.65. The second-order valence-corrected chi connectivity index (χ2v) is 9.35. The molecule has 0 amide bonds. The van der Waals surface area contributed by atoms with Gasteiger partial charge in [-0.25, -0.2) is 9.07 Å². The molecule has 5 rings (SSSR count). The van der Waals surface area contributed by atoms with Crippen molar-refractivity contribution >= 4 is 22.2 Å². The molecule has 0 saturated heterocycles. The molecule has 0 fully saturated rings. The van der Waals surface area contributed by atoms with Crippen LogP contribution in [-0.2, 0) is 26.2 Å². The Hall–Kier alpha value is -3.69. The van der Waals surface area contributed by atoms with E-state index in [4.69, 9.17) is 0 Å². The van der Waals surface area contributed by atoms with E-state index in [1.54, 1.807) is 28.2 Å². The summed E-state index contributed by atoms with van der Waals surface area (Å²) in [5.41, 5.74) is 3.46. The van der Waals surface area contributed by atoms with Crippen molar-refractivity contribution < 1.29 is 4.39 Å². The lowest BCUT2D eigenvalue weighted by Crippen LogP contribution is -2.27. The number of fused-ring (bicyclic) bond motifs is 1. The molecule has 0 bridgehead atoms. The molecule has 0 radical (unpaired) electrons. The molecule has 0 aliphatic carbocycles. The molecule has 2 aromatic carbocycles. The summed E-state index contributed by atoms with van der Waals surface area (Å²) in [6.07, 6.45) is 0. The highest BCUT2D eigenvalue weighted by Gasteiger charge is 2.16. The van der Waals surface area contributed by atoms with Crippen LogP contribution in [0.15, 0.2) is 70.8 Å². The zero-order valence-electron chi connectivity index (χ0n) is 18.6. The number of tetrazole rings is 1. The molecular weight excluding hydrogens is 451 g/mol. The lowest BCUT2D eigenvalue weighted by atomic mass is 10.1. The van der Waals surface area contributed by atoms with Gasteiger partial charge in [0.25, 0.3) is 5.56 Å². The molecular formula is C25H23FN6OS. The number of benzene rings is 2. The quantitative estimate of drug-likeness (QED) is 0.363. The Balaban J connectivity index is 1.42. The summed E-state index contributed by atoms with van der Waals surface area (Å²) in [6, 6.07) is 18.3. The van der Waals surface area contributed by atoms with Gasteiger partial charge in [-0.3, -0.25) is 9.69 Å². The van der Waals surface area contributed by atoms with E-state index in [1.807, 2.05) is 36.6 Å². The van der Waals surface area contributed by atoms with Crippen LogP contribution in [0, 0.1) is 12.7 Å². The minimum absolute atomic E-state index is 0.0987. The van der Waals surface area contributed by atoms with Crippen LogP contribution in [0.2, 0.25) is 0 Å². The Morgan fingerprint density at radius 3 is 2.71 bits per heavy atom. The molecule has 34 heavy (non-hydrogen) atoms. The molecule has 3 heterocycles. The maximum Gasteiger partial charge on any atom is 0.252 e. The number of hydrogen-bond donors (Lipinski definition) is 1. The number of halogens is 1. The first-order valence-corrected chi connectivity index (χ1v) is 11.8.